The second-order valence-corrected chi connectivity index (χ2v) is 4.05. The lowest BCUT2D eigenvalue weighted by atomic mass is 9.95. The number of aliphatic carboxylic acids is 1. The molecule has 0 radical (unpaired) electrons. The summed E-state index contributed by atoms with van der Waals surface area (Å²) >= 11 is 5.83. The van der Waals surface area contributed by atoms with Crippen molar-refractivity contribution in [2.75, 3.05) is 0 Å². The van der Waals surface area contributed by atoms with E-state index in [1.165, 1.54) is 0 Å². The molecular weight excluding hydrogens is 224 g/mol. The van der Waals surface area contributed by atoms with Crippen molar-refractivity contribution in [1.29, 1.82) is 0 Å². The zero-order chi connectivity index (χ0) is 12.0. The van der Waals surface area contributed by atoms with Crippen molar-refractivity contribution in [3.8, 4) is 12.3 Å². The minimum atomic E-state index is -0.810. The molecule has 0 aromatic heterocycles. The summed E-state index contributed by atoms with van der Waals surface area (Å²) in [6.07, 6.45) is 6.58. The third kappa shape index (κ3) is 3.96. The SMILES string of the molecule is C#CCCC(Cc1cccc(Cl)c1)C(=O)O. The van der Waals surface area contributed by atoms with Gasteiger partial charge in [-0.2, -0.15) is 0 Å². The first-order valence-electron chi connectivity index (χ1n) is 5.04. The number of benzene rings is 1. The standard InChI is InChI=1S/C13H13ClO2/c1-2-3-6-11(13(15)16)8-10-5-4-7-12(14)9-10/h1,4-5,7,9,11H,3,6,8H2,(H,15,16). The van der Waals surface area contributed by atoms with E-state index in [1.807, 2.05) is 12.1 Å². The predicted molar refractivity (Wildman–Crippen MR) is 64.3 cm³/mol. The van der Waals surface area contributed by atoms with E-state index in [-0.39, 0.29) is 0 Å². The molecule has 2 nitrogen and oxygen atoms in total. The van der Waals surface area contributed by atoms with Crippen molar-refractivity contribution >= 4 is 17.6 Å². The summed E-state index contributed by atoms with van der Waals surface area (Å²) in [5.74, 6) is 1.22. The molecule has 1 aromatic rings. The van der Waals surface area contributed by atoms with E-state index in [4.69, 9.17) is 23.1 Å². The van der Waals surface area contributed by atoms with Crippen LogP contribution in [0.25, 0.3) is 0 Å². The number of halogens is 1. The van der Waals surface area contributed by atoms with Crippen molar-refractivity contribution in [3.63, 3.8) is 0 Å². The molecule has 0 saturated carbocycles. The van der Waals surface area contributed by atoms with E-state index in [1.54, 1.807) is 12.1 Å². The highest BCUT2D eigenvalue weighted by molar-refractivity contribution is 6.30. The van der Waals surface area contributed by atoms with Gasteiger partial charge < -0.3 is 5.11 Å². The van der Waals surface area contributed by atoms with Crippen LogP contribution in [0.15, 0.2) is 24.3 Å². The van der Waals surface area contributed by atoms with E-state index >= 15 is 0 Å². The summed E-state index contributed by atoms with van der Waals surface area (Å²) in [6.45, 7) is 0. The molecule has 0 saturated heterocycles. The van der Waals surface area contributed by atoms with Crippen LogP contribution in [0.5, 0.6) is 0 Å². The molecule has 0 bridgehead atoms. The van der Waals surface area contributed by atoms with Gasteiger partial charge in [-0.05, 0) is 30.5 Å². The maximum absolute atomic E-state index is 11.0. The summed E-state index contributed by atoms with van der Waals surface area (Å²) in [6, 6.07) is 7.24. The van der Waals surface area contributed by atoms with Crippen LogP contribution < -0.4 is 0 Å². The molecule has 3 heteroatoms. The summed E-state index contributed by atoms with van der Waals surface area (Å²) in [5.41, 5.74) is 0.928. The van der Waals surface area contributed by atoms with Gasteiger partial charge in [-0.15, -0.1) is 12.3 Å². The van der Waals surface area contributed by atoms with E-state index in [0.29, 0.717) is 24.3 Å². The van der Waals surface area contributed by atoms with E-state index < -0.39 is 11.9 Å². The lowest BCUT2D eigenvalue weighted by Gasteiger charge is -2.10. The highest BCUT2D eigenvalue weighted by atomic mass is 35.5. The zero-order valence-electron chi connectivity index (χ0n) is 8.82. The van der Waals surface area contributed by atoms with Crippen LogP contribution in [0.2, 0.25) is 5.02 Å². The predicted octanol–water partition coefficient (Wildman–Crippen LogP) is 3.00. The van der Waals surface area contributed by atoms with E-state index in [2.05, 4.69) is 5.92 Å². The van der Waals surface area contributed by atoms with Gasteiger partial charge in [0.05, 0.1) is 5.92 Å². The smallest absolute Gasteiger partial charge is 0.306 e. The molecule has 0 aliphatic heterocycles. The van der Waals surface area contributed by atoms with Gasteiger partial charge in [-0.1, -0.05) is 23.7 Å². The number of hydrogen-bond donors (Lipinski definition) is 1. The van der Waals surface area contributed by atoms with Crippen molar-refractivity contribution in [1.82, 2.24) is 0 Å². The number of carbonyl (C=O) groups is 1. The molecule has 16 heavy (non-hydrogen) atoms. The Morgan fingerprint density at radius 2 is 2.31 bits per heavy atom. The van der Waals surface area contributed by atoms with Crippen LogP contribution >= 0.6 is 11.6 Å². The van der Waals surface area contributed by atoms with Crippen molar-refractivity contribution in [2.24, 2.45) is 5.92 Å². The molecule has 0 amide bonds. The molecule has 1 atom stereocenters. The third-order valence-corrected chi connectivity index (χ3v) is 2.59. The molecule has 0 aliphatic carbocycles. The molecule has 0 heterocycles. The summed E-state index contributed by atoms with van der Waals surface area (Å²) in [5, 5.41) is 9.65. The van der Waals surface area contributed by atoms with Gasteiger partial charge in [-0.3, -0.25) is 4.79 Å². The Morgan fingerprint density at radius 3 is 2.88 bits per heavy atom. The van der Waals surface area contributed by atoms with Gasteiger partial charge in [0.2, 0.25) is 0 Å². The maximum Gasteiger partial charge on any atom is 0.306 e. The first-order valence-corrected chi connectivity index (χ1v) is 5.42. The number of carboxylic acid groups (broad SMARTS) is 1. The van der Waals surface area contributed by atoms with Crippen molar-refractivity contribution in [2.45, 2.75) is 19.3 Å². The fourth-order valence-corrected chi connectivity index (χ4v) is 1.73. The summed E-state index contributed by atoms with van der Waals surface area (Å²) in [7, 11) is 0. The van der Waals surface area contributed by atoms with Gasteiger partial charge in [-0.25, -0.2) is 0 Å². The molecular formula is C13H13ClO2. The van der Waals surface area contributed by atoms with Gasteiger partial charge in [0.25, 0.3) is 0 Å². The van der Waals surface area contributed by atoms with Crippen LogP contribution in [-0.4, -0.2) is 11.1 Å². The Balaban J connectivity index is 2.68. The number of hydrogen-bond acceptors (Lipinski definition) is 1. The third-order valence-electron chi connectivity index (χ3n) is 2.36. The van der Waals surface area contributed by atoms with Crippen LogP contribution in [0.1, 0.15) is 18.4 Å². The molecule has 0 aliphatic rings. The fourth-order valence-electron chi connectivity index (χ4n) is 1.52. The largest absolute Gasteiger partial charge is 0.481 e. The summed E-state index contributed by atoms with van der Waals surface area (Å²) in [4.78, 5) is 11.0. The second kappa shape index (κ2) is 6.19. The molecule has 0 fully saturated rings. The number of carboxylic acids is 1. The highest BCUT2D eigenvalue weighted by Gasteiger charge is 2.17. The second-order valence-electron chi connectivity index (χ2n) is 3.61. The molecule has 1 N–H and O–H groups in total. The Bertz CT molecular complexity index is 407. The Kier molecular flexibility index (Phi) is 4.88. The molecule has 84 valence electrons. The minimum Gasteiger partial charge on any atom is -0.481 e. The Hall–Kier alpha value is -1.46. The van der Waals surface area contributed by atoms with Gasteiger partial charge in [0.1, 0.15) is 0 Å². The zero-order valence-corrected chi connectivity index (χ0v) is 9.57. The Morgan fingerprint density at radius 1 is 1.56 bits per heavy atom. The molecule has 1 aromatic carbocycles. The van der Waals surface area contributed by atoms with Crippen LogP contribution in [0.4, 0.5) is 0 Å². The lowest BCUT2D eigenvalue weighted by Crippen LogP contribution is -2.16. The van der Waals surface area contributed by atoms with Crippen molar-refractivity contribution in [3.05, 3.63) is 34.9 Å². The average molecular weight is 237 g/mol. The normalized spacial score (nSPS) is 11.8. The average Bonchev–Trinajstić information content (AvgIpc) is 2.24. The number of terminal acetylenes is 1. The highest BCUT2D eigenvalue weighted by Crippen LogP contribution is 2.17. The minimum absolute atomic E-state index is 0.436. The molecule has 1 rings (SSSR count). The first-order chi connectivity index (χ1) is 7.63. The monoisotopic (exact) mass is 236 g/mol. The van der Waals surface area contributed by atoms with Crippen LogP contribution in [-0.2, 0) is 11.2 Å². The van der Waals surface area contributed by atoms with Crippen LogP contribution in [0.3, 0.4) is 0 Å². The lowest BCUT2D eigenvalue weighted by molar-refractivity contribution is -0.141. The van der Waals surface area contributed by atoms with E-state index in [9.17, 15) is 4.79 Å². The van der Waals surface area contributed by atoms with Crippen molar-refractivity contribution < 1.29 is 9.90 Å². The molecule has 0 spiro atoms. The fraction of sp³-hybridized carbons (Fsp3) is 0.308. The Labute approximate surface area is 100 Å². The topological polar surface area (TPSA) is 37.3 Å². The maximum atomic E-state index is 11.0. The number of rotatable bonds is 5. The van der Waals surface area contributed by atoms with Crippen LogP contribution in [0, 0.1) is 18.3 Å². The quantitative estimate of drug-likeness (QED) is 0.798. The van der Waals surface area contributed by atoms with Gasteiger partial charge in [0.15, 0.2) is 0 Å². The van der Waals surface area contributed by atoms with Gasteiger partial charge >= 0.3 is 5.97 Å². The first kappa shape index (κ1) is 12.6. The molecule has 1 unspecified atom stereocenters. The van der Waals surface area contributed by atoms with Gasteiger partial charge in [0, 0.05) is 11.4 Å². The van der Waals surface area contributed by atoms with E-state index in [0.717, 1.165) is 5.56 Å². The summed E-state index contributed by atoms with van der Waals surface area (Å²) < 4.78 is 0.